The molecule has 168 valence electrons. The number of carbonyl (C=O) groups excluding carboxylic acids is 1. The maximum atomic E-state index is 13.3. The van der Waals surface area contributed by atoms with E-state index in [2.05, 4.69) is 46.5 Å². The molecule has 2 aromatic heterocycles. The zero-order chi connectivity index (χ0) is 23.4. The number of benzene rings is 2. The SMILES string of the molecule is C=CCn1c(SCC(=O)Nc2ccc(F)c(Cl)c2)nnc1-c1csc(C)c1-c1ccccc1. The molecule has 9 heteroatoms. The van der Waals surface area contributed by atoms with Crippen LogP contribution in [-0.2, 0) is 11.3 Å². The molecule has 2 heterocycles. The van der Waals surface area contributed by atoms with Crippen molar-refractivity contribution < 1.29 is 9.18 Å². The van der Waals surface area contributed by atoms with Gasteiger partial charge in [-0.15, -0.1) is 28.1 Å². The van der Waals surface area contributed by atoms with E-state index in [4.69, 9.17) is 11.6 Å². The van der Waals surface area contributed by atoms with E-state index in [0.717, 1.165) is 22.5 Å². The Morgan fingerprint density at radius 3 is 2.79 bits per heavy atom. The van der Waals surface area contributed by atoms with Crippen LogP contribution in [-0.4, -0.2) is 26.4 Å². The lowest BCUT2D eigenvalue weighted by atomic mass is 10.0. The average Bonchev–Trinajstić information content (AvgIpc) is 3.38. The number of nitrogens with zero attached hydrogens (tertiary/aromatic N) is 3. The van der Waals surface area contributed by atoms with Crippen LogP contribution in [0.3, 0.4) is 0 Å². The van der Waals surface area contributed by atoms with Crippen molar-refractivity contribution in [1.82, 2.24) is 14.8 Å². The number of aryl methyl sites for hydroxylation is 1. The van der Waals surface area contributed by atoms with E-state index < -0.39 is 5.82 Å². The molecule has 0 spiro atoms. The van der Waals surface area contributed by atoms with Crippen molar-refractivity contribution in [3.63, 3.8) is 0 Å². The number of anilines is 1. The summed E-state index contributed by atoms with van der Waals surface area (Å²) in [6.45, 7) is 6.45. The molecule has 0 fully saturated rings. The summed E-state index contributed by atoms with van der Waals surface area (Å²) in [6, 6.07) is 14.2. The number of allylic oxidation sites excluding steroid dienone is 1. The molecule has 0 radical (unpaired) electrons. The van der Waals surface area contributed by atoms with Gasteiger partial charge in [0.05, 0.1) is 10.8 Å². The third kappa shape index (κ3) is 5.19. The minimum atomic E-state index is -0.535. The number of aromatic nitrogens is 3. The van der Waals surface area contributed by atoms with Crippen molar-refractivity contribution in [2.45, 2.75) is 18.6 Å². The van der Waals surface area contributed by atoms with Crippen molar-refractivity contribution in [2.24, 2.45) is 0 Å². The van der Waals surface area contributed by atoms with Gasteiger partial charge in [0.1, 0.15) is 5.82 Å². The first-order valence-electron chi connectivity index (χ1n) is 10.0. The predicted octanol–water partition coefficient (Wildman–Crippen LogP) is 6.69. The van der Waals surface area contributed by atoms with Crippen LogP contribution in [0.15, 0.2) is 71.7 Å². The van der Waals surface area contributed by atoms with Crippen LogP contribution in [0.1, 0.15) is 4.88 Å². The van der Waals surface area contributed by atoms with Crippen LogP contribution in [0.4, 0.5) is 10.1 Å². The number of carbonyl (C=O) groups is 1. The molecule has 0 atom stereocenters. The van der Waals surface area contributed by atoms with E-state index >= 15 is 0 Å². The van der Waals surface area contributed by atoms with Crippen molar-refractivity contribution in [1.29, 1.82) is 0 Å². The van der Waals surface area contributed by atoms with Crippen LogP contribution in [0.2, 0.25) is 5.02 Å². The lowest BCUT2D eigenvalue weighted by molar-refractivity contribution is -0.113. The molecule has 1 amide bonds. The normalized spacial score (nSPS) is 10.9. The fourth-order valence-corrected chi connectivity index (χ4v) is 5.16. The molecular weight excluding hydrogens is 479 g/mol. The topological polar surface area (TPSA) is 59.8 Å². The molecule has 0 unspecified atom stereocenters. The number of hydrogen-bond acceptors (Lipinski definition) is 5. The highest BCUT2D eigenvalue weighted by Crippen LogP contribution is 2.39. The highest BCUT2D eigenvalue weighted by molar-refractivity contribution is 7.99. The van der Waals surface area contributed by atoms with Gasteiger partial charge < -0.3 is 5.32 Å². The van der Waals surface area contributed by atoms with Crippen molar-refractivity contribution in [2.75, 3.05) is 11.1 Å². The van der Waals surface area contributed by atoms with Gasteiger partial charge in [-0.2, -0.15) is 0 Å². The highest BCUT2D eigenvalue weighted by atomic mass is 35.5. The Labute approximate surface area is 204 Å². The zero-order valence-electron chi connectivity index (χ0n) is 17.7. The van der Waals surface area contributed by atoms with E-state index in [0.29, 0.717) is 17.4 Å². The molecule has 0 bridgehead atoms. The first-order valence-corrected chi connectivity index (χ1v) is 12.3. The molecule has 2 aromatic carbocycles. The predicted molar refractivity (Wildman–Crippen MR) is 134 cm³/mol. The van der Waals surface area contributed by atoms with Crippen molar-refractivity contribution in [3.05, 3.63) is 82.3 Å². The Hall–Kier alpha value is -2.94. The maximum absolute atomic E-state index is 13.3. The van der Waals surface area contributed by atoms with E-state index in [1.165, 1.54) is 34.8 Å². The highest BCUT2D eigenvalue weighted by Gasteiger charge is 2.20. The summed E-state index contributed by atoms with van der Waals surface area (Å²) in [4.78, 5) is 13.6. The Morgan fingerprint density at radius 2 is 2.06 bits per heavy atom. The van der Waals surface area contributed by atoms with E-state index in [1.54, 1.807) is 17.4 Å². The van der Waals surface area contributed by atoms with Gasteiger partial charge in [-0.05, 0) is 30.7 Å². The summed E-state index contributed by atoms with van der Waals surface area (Å²) in [6.07, 6.45) is 1.78. The van der Waals surface area contributed by atoms with Gasteiger partial charge in [0.15, 0.2) is 11.0 Å². The first kappa shape index (κ1) is 23.2. The Morgan fingerprint density at radius 1 is 1.27 bits per heavy atom. The molecule has 5 nitrogen and oxygen atoms in total. The Balaban J connectivity index is 1.56. The van der Waals surface area contributed by atoms with E-state index in [9.17, 15) is 9.18 Å². The summed E-state index contributed by atoms with van der Waals surface area (Å²) < 4.78 is 15.3. The molecular formula is C24H20ClFN4OS2. The fraction of sp³-hybridized carbons (Fsp3) is 0.125. The number of thioether (sulfide) groups is 1. The smallest absolute Gasteiger partial charge is 0.234 e. The molecule has 1 N–H and O–H groups in total. The molecule has 0 aliphatic carbocycles. The zero-order valence-corrected chi connectivity index (χ0v) is 20.1. The van der Waals surface area contributed by atoms with Crippen molar-refractivity contribution >= 4 is 46.3 Å². The largest absolute Gasteiger partial charge is 0.325 e. The van der Waals surface area contributed by atoms with Crippen LogP contribution < -0.4 is 5.32 Å². The minimum Gasteiger partial charge on any atom is -0.325 e. The van der Waals surface area contributed by atoms with Crippen LogP contribution >= 0.6 is 34.7 Å². The van der Waals surface area contributed by atoms with Gasteiger partial charge in [-0.1, -0.05) is 59.8 Å². The minimum absolute atomic E-state index is 0.0453. The summed E-state index contributed by atoms with van der Waals surface area (Å²) in [5, 5.41) is 14.2. The lowest BCUT2D eigenvalue weighted by Crippen LogP contribution is -2.14. The summed E-state index contributed by atoms with van der Waals surface area (Å²) in [7, 11) is 0. The van der Waals surface area contributed by atoms with Gasteiger partial charge in [-0.3, -0.25) is 9.36 Å². The maximum Gasteiger partial charge on any atom is 0.234 e. The number of rotatable bonds is 8. The van der Waals surface area contributed by atoms with Gasteiger partial charge >= 0.3 is 0 Å². The molecule has 0 aliphatic rings. The molecule has 0 saturated carbocycles. The molecule has 0 aliphatic heterocycles. The second kappa shape index (κ2) is 10.3. The van der Waals surface area contributed by atoms with Crippen LogP contribution in [0, 0.1) is 12.7 Å². The number of thiophene rings is 1. The van der Waals surface area contributed by atoms with Crippen molar-refractivity contribution in [3.8, 4) is 22.5 Å². The third-order valence-electron chi connectivity index (χ3n) is 4.84. The average molecular weight is 499 g/mol. The summed E-state index contributed by atoms with van der Waals surface area (Å²) >= 11 is 8.72. The fourth-order valence-electron chi connectivity index (χ4n) is 3.37. The van der Waals surface area contributed by atoms with E-state index in [-0.39, 0.29) is 16.7 Å². The second-order valence-corrected chi connectivity index (χ2v) is 9.55. The number of amides is 1. The van der Waals surface area contributed by atoms with Gasteiger partial charge in [0.25, 0.3) is 0 Å². The standard InChI is InChI=1S/C24H20ClFN4OS2/c1-3-11-30-23(18-13-32-15(2)22(18)16-7-5-4-6-8-16)28-29-24(30)33-14-21(31)27-17-9-10-20(26)19(25)12-17/h3-10,12-13H,1,11,14H2,2H3,(H,27,31). The molecule has 4 rings (SSSR count). The molecule has 0 saturated heterocycles. The second-order valence-electron chi connectivity index (χ2n) is 7.12. The third-order valence-corrected chi connectivity index (χ3v) is 7.01. The number of halogens is 2. The monoisotopic (exact) mass is 498 g/mol. The van der Waals surface area contributed by atoms with E-state index in [1.807, 2.05) is 22.8 Å². The van der Waals surface area contributed by atoms with Gasteiger partial charge in [-0.25, -0.2) is 4.39 Å². The number of hydrogen-bond donors (Lipinski definition) is 1. The van der Waals surface area contributed by atoms with Crippen LogP contribution in [0.5, 0.6) is 0 Å². The molecule has 33 heavy (non-hydrogen) atoms. The van der Waals surface area contributed by atoms with Crippen LogP contribution in [0.25, 0.3) is 22.5 Å². The molecule has 4 aromatic rings. The number of nitrogens with one attached hydrogen (secondary N) is 1. The van der Waals surface area contributed by atoms with Gasteiger partial charge in [0, 0.05) is 33.6 Å². The summed E-state index contributed by atoms with van der Waals surface area (Å²) in [5.41, 5.74) is 3.67. The Bertz CT molecular complexity index is 1300. The summed E-state index contributed by atoms with van der Waals surface area (Å²) in [5.74, 6) is 0.0473. The van der Waals surface area contributed by atoms with Gasteiger partial charge in [0.2, 0.25) is 5.91 Å². The first-order chi connectivity index (χ1) is 16.0. The Kier molecular flexibility index (Phi) is 7.27. The quantitative estimate of drug-likeness (QED) is 0.217. The lowest BCUT2D eigenvalue weighted by Gasteiger charge is -2.10.